The second-order valence-corrected chi connectivity index (χ2v) is 5.91. The maximum absolute atomic E-state index is 10.9. The van der Waals surface area contributed by atoms with E-state index in [-0.39, 0.29) is 5.41 Å². The number of hydrogen-bond acceptors (Lipinski definition) is 1. The zero-order valence-corrected chi connectivity index (χ0v) is 11.1. The smallest absolute Gasteiger partial charge is 0.0959 e. The average molecular weight is 238 g/mol. The van der Waals surface area contributed by atoms with Crippen LogP contribution in [0.2, 0.25) is 0 Å². The number of rotatable bonds is 0. The van der Waals surface area contributed by atoms with Crippen LogP contribution in [0.1, 0.15) is 31.9 Å². The topological polar surface area (TPSA) is 20.2 Å². The van der Waals surface area contributed by atoms with Gasteiger partial charge in [-0.3, -0.25) is 0 Å². The van der Waals surface area contributed by atoms with Gasteiger partial charge in [0.1, 0.15) is 0 Å². The minimum Gasteiger partial charge on any atom is -0.385 e. The average Bonchev–Trinajstić information content (AvgIpc) is 2.33. The molecule has 0 bridgehead atoms. The fraction of sp³-hybridized carbons (Fsp3) is 0.294. The first-order chi connectivity index (χ1) is 8.42. The molecule has 1 aliphatic carbocycles. The van der Waals surface area contributed by atoms with E-state index in [9.17, 15) is 5.11 Å². The zero-order chi connectivity index (χ0) is 13.0. The molecule has 0 aromatic heterocycles. The molecule has 1 nitrogen and oxygen atoms in total. The molecule has 1 atom stereocenters. The third-order valence-corrected chi connectivity index (χ3v) is 4.38. The van der Waals surface area contributed by atoms with Crippen LogP contribution in [0.15, 0.2) is 42.5 Å². The van der Waals surface area contributed by atoms with Gasteiger partial charge in [0, 0.05) is 5.41 Å². The summed E-state index contributed by atoms with van der Waals surface area (Å²) in [6.45, 7) is 6.05. The van der Waals surface area contributed by atoms with E-state index in [1.165, 1.54) is 10.8 Å². The van der Waals surface area contributed by atoms with Crippen LogP contribution < -0.4 is 0 Å². The second-order valence-electron chi connectivity index (χ2n) is 5.91. The molecule has 0 amide bonds. The first-order valence-corrected chi connectivity index (χ1v) is 6.37. The Hall–Kier alpha value is -1.60. The van der Waals surface area contributed by atoms with Crippen LogP contribution in [-0.2, 0) is 5.60 Å². The van der Waals surface area contributed by atoms with Gasteiger partial charge in [-0.05, 0) is 41.0 Å². The van der Waals surface area contributed by atoms with E-state index >= 15 is 0 Å². The Labute approximate surface area is 108 Å². The van der Waals surface area contributed by atoms with Crippen molar-refractivity contribution in [3.05, 3.63) is 53.6 Å². The Morgan fingerprint density at radius 3 is 2.22 bits per heavy atom. The van der Waals surface area contributed by atoms with Gasteiger partial charge in [-0.25, -0.2) is 0 Å². The van der Waals surface area contributed by atoms with Gasteiger partial charge in [-0.2, -0.15) is 0 Å². The summed E-state index contributed by atoms with van der Waals surface area (Å²) in [5, 5.41) is 13.3. The molecule has 1 N–H and O–H groups in total. The lowest BCUT2D eigenvalue weighted by atomic mass is 9.67. The Kier molecular flexibility index (Phi) is 2.21. The molecule has 2 aromatic carbocycles. The Balaban J connectivity index is 2.34. The summed E-state index contributed by atoms with van der Waals surface area (Å²) in [5.41, 5.74) is 1.07. The zero-order valence-electron chi connectivity index (χ0n) is 11.1. The first kappa shape index (κ1) is 11.5. The molecule has 1 heteroatoms. The summed E-state index contributed by atoms with van der Waals surface area (Å²) >= 11 is 0. The summed E-state index contributed by atoms with van der Waals surface area (Å²) in [4.78, 5) is 0. The van der Waals surface area contributed by atoms with Crippen LogP contribution >= 0.6 is 0 Å². The van der Waals surface area contributed by atoms with Gasteiger partial charge in [0.15, 0.2) is 0 Å². The van der Waals surface area contributed by atoms with Gasteiger partial charge in [0.05, 0.1) is 5.60 Å². The fourth-order valence-corrected chi connectivity index (χ4v) is 2.62. The lowest BCUT2D eigenvalue weighted by Crippen LogP contribution is -2.40. The number of hydrogen-bond donors (Lipinski definition) is 1. The summed E-state index contributed by atoms with van der Waals surface area (Å²) in [6, 6.07) is 12.6. The summed E-state index contributed by atoms with van der Waals surface area (Å²) in [6.07, 6.45) is 4.23. The quantitative estimate of drug-likeness (QED) is 0.732. The van der Waals surface area contributed by atoms with Gasteiger partial charge in [0.25, 0.3) is 0 Å². The molecule has 2 aromatic rings. The van der Waals surface area contributed by atoms with E-state index in [1.807, 2.05) is 19.1 Å². The maximum Gasteiger partial charge on any atom is 0.0959 e. The summed E-state index contributed by atoms with van der Waals surface area (Å²) in [5.74, 6) is 0. The molecule has 0 spiro atoms. The van der Waals surface area contributed by atoms with Gasteiger partial charge >= 0.3 is 0 Å². The van der Waals surface area contributed by atoms with Crippen LogP contribution in [0.5, 0.6) is 0 Å². The summed E-state index contributed by atoms with van der Waals surface area (Å²) in [7, 11) is 0. The van der Waals surface area contributed by atoms with Crippen molar-refractivity contribution in [3.8, 4) is 0 Å². The molecule has 18 heavy (non-hydrogen) atoms. The second kappa shape index (κ2) is 3.46. The van der Waals surface area contributed by atoms with E-state index in [2.05, 4.69) is 50.3 Å². The molecule has 0 saturated carbocycles. The van der Waals surface area contributed by atoms with Crippen LogP contribution in [0.25, 0.3) is 16.8 Å². The van der Waals surface area contributed by atoms with E-state index in [0.29, 0.717) is 0 Å². The molecule has 0 aliphatic heterocycles. The van der Waals surface area contributed by atoms with Gasteiger partial charge < -0.3 is 5.11 Å². The Bertz CT molecular complexity index is 648. The van der Waals surface area contributed by atoms with Crippen molar-refractivity contribution in [1.82, 2.24) is 0 Å². The van der Waals surface area contributed by atoms with Gasteiger partial charge in [-0.1, -0.05) is 50.3 Å². The monoisotopic (exact) mass is 238 g/mol. The largest absolute Gasteiger partial charge is 0.385 e. The molecule has 3 rings (SSSR count). The number of aliphatic hydroxyl groups is 1. The van der Waals surface area contributed by atoms with Crippen molar-refractivity contribution in [2.24, 2.45) is 5.41 Å². The van der Waals surface area contributed by atoms with Crippen molar-refractivity contribution >= 4 is 16.8 Å². The molecule has 0 heterocycles. The predicted octanol–water partition coefficient (Wildman–Crippen LogP) is 4.10. The van der Waals surface area contributed by atoms with Crippen molar-refractivity contribution in [1.29, 1.82) is 0 Å². The van der Waals surface area contributed by atoms with Crippen LogP contribution in [0.4, 0.5) is 0 Å². The Morgan fingerprint density at radius 1 is 0.944 bits per heavy atom. The molecule has 92 valence electrons. The van der Waals surface area contributed by atoms with Crippen molar-refractivity contribution in [3.63, 3.8) is 0 Å². The first-order valence-electron chi connectivity index (χ1n) is 6.37. The minimum absolute atomic E-state index is 0.248. The van der Waals surface area contributed by atoms with E-state index in [4.69, 9.17) is 0 Å². The molecule has 1 aliphatic rings. The molecule has 0 radical (unpaired) electrons. The highest BCUT2D eigenvalue weighted by molar-refractivity contribution is 5.87. The highest BCUT2D eigenvalue weighted by Gasteiger charge is 2.42. The molecule has 0 saturated heterocycles. The normalized spacial score (nSPS) is 25.1. The third-order valence-electron chi connectivity index (χ3n) is 4.38. The van der Waals surface area contributed by atoms with E-state index in [1.54, 1.807) is 0 Å². The molecule has 0 fully saturated rings. The van der Waals surface area contributed by atoms with E-state index in [0.717, 1.165) is 11.1 Å². The highest BCUT2D eigenvalue weighted by atomic mass is 16.3. The van der Waals surface area contributed by atoms with Gasteiger partial charge in [-0.15, -0.1) is 0 Å². The molecular weight excluding hydrogens is 220 g/mol. The van der Waals surface area contributed by atoms with Crippen molar-refractivity contribution in [2.75, 3.05) is 0 Å². The lowest BCUT2D eigenvalue weighted by molar-refractivity contribution is -0.0322. The van der Waals surface area contributed by atoms with Crippen LogP contribution in [0, 0.1) is 5.41 Å². The third kappa shape index (κ3) is 1.44. The van der Waals surface area contributed by atoms with Gasteiger partial charge in [0.2, 0.25) is 0 Å². The lowest BCUT2D eigenvalue weighted by Gasteiger charge is -2.42. The van der Waals surface area contributed by atoms with E-state index < -0.39 is 5.60 Å². The summed E-state index contributed by atoms with van der Waals surface area (Å²) < 4.78 is 0. The van der Waals surface area contributed by atoms with Crippen molar-refractivity contribution in [2.45, 2.75) is 26.4 Å². The Morgan fingerprint density at radius 2 is 1.56 bits per heavy atom. The van der Waals surface area contributed by atoms with Crippen LogP contribution in [0.3, 0.4) is 0 Å². The predicted molar refractivity (Wildman–Crippen MR) is 76.3 cm³/mol. The fourth-order valence-electron chi connectivity index (χ4n) is 2.62. The number of fused-ring (bicyclic) bond motifs is 2. The van der Waals surface area contributed by atoms with Crippen LogP contribution in [-0.4, -0.2) is 5.11 Å². The van der Waals surface area contributed by atoms with Crippen molar-refractivity contribution < 1.29 is 5.11 Å². The molecule has 1 unspecified atom stereocenters. The minimum atomic E-state index is -0.832. The molecular formula is C17H18O. The number of benzene rings is 2. The standard InChI is InChI=1S/C17H18O/c1-16(2)9-8-14-10-12-6-4-5-7-13(12)11-15(14)17(16,3)18/h4-11,18H,1-3H3. The highest BCUT2D eigenvalue weighted by Crippen LogP contribution is 2.46. The SMILES string of the molecule is CC1(C)C=Cc2cc3ccccc3cc2C1(C)O. The maximum atomic E-state index is 10.9.